The Balaban J connectivity index is 2.00. The van der Waals surface area contributed by atoms with Crippen molar-refractivity contribution in [1.29, 1.82) is 0 Å². The highest BCUT2D eigenvalue weighted by Gasteiger charge is 2.11. The molecule has 0 bridgehead atoms. The fraction of sp³-hybridized carbons (Fsp3) is 0.400. The first-order chi connectivity index (χ1) is 10.0. The van der Waals surface area contributed by atoms with Gasteiger partial charge in [0.15, 0.2) is 0 Å². The van der Waals surface area contributed by atoms with Crippen LogP contribution < -0.4 is 5.32 Å². The molecule has 1 unspecified atom stereocenters. The molecule has 2 rings (SSSR count). The Morgan fingerprint density at radius 3 is 2.62 bits per heavy atom. The van der Waals surface area contributed by atoms with Crippen molar-refractivity contribution in [1.82, 2.24) is 15.1 Å². The Labute approximate surface area is 123 Å². The maximum Gasteiger partial charge on any atom is 0.269 e. The summed E-state index contributed by atoms with van der Waals surface area (Å²) in [7, 11) is 1.92. The zero-order valence-corrected chi connectivity index (χ0v) is 12.5. The van der Waals surface area contributed by atoms with Crippen LogP contribution in [0.15, 0.2) is 30.5 Å². The highest BCUT2D eigenvalue weighted by Crippen LogP contribution is 2.18. The standard InChI is InChI=1S/C15H20N4O2/c1-4-15-13(10-18(3)17-15)9-16-11(2)12-5-7-14(8-6-12)19(20)21/h5-8,10-11,16H,4,9H2,1-3H3. The number of benzene rings is 1. The van der Waals surface area contributed by atoms with E-state index < -0.39 is 0 Å². The topological polar surface area (TPSA) is 73.0 Å². The number of nitrogens with one attached hydrogen (secondary N) is 1. The maximum absolute atomic E-state index is 10.6. The summed E-state index contributed by atoms with van der Waals surface area (Å²) in [4.78, 5) is 10.3. The van der Waals surface area contributed by atoms with Crippen molar-refractivity contribution < 1.29 is 4.92 Å². The highest BCUT2D eigenvalue weighted by atomic mass is 16.6. The van der Waals surface area contributed by atoms with Crippen LogP contribution in [0.2, 0.25) is 0 Å². The van der Waals surface area contributed by atoms with Crippen LogP contribution in [0.4, 0.5) is 5.69 Å². The van der Waals surface area contributed by atoms with Gasteiger partial charge in [-0.25, -0.2) is 0 Å². The first kappa shape index (κ1) is 15.2. The summed E-state index contributed by atoms with van der Waals surface area (Å²) in [6.07, 6.45) is 2.93. The third-order valence-corrected chi connectivity index (χ3v) is 3.53. The van der Waals surface area contributed by atoms with Crippen LogP contribution in [0.5, 0.6) is 0 Å². The largest absolute Gasteiger partial charge is 0.306 e. The van der Waals surface area contributed by atoms with Crippen molar-refractivity contribution in [2.24, 2.45) is 7.05 Å². The molecular formula is C15H20N4O2. The van der Waals surface area contributed by atoms with Crippen LogP contribution in [-0.2, 0) is 20.0 Å². The molecule has 0 aliphatic carbocycles. The van der Waals surface area contributed by atoms with Gasteiger partial charge in [0.2, 0.25) is 0 Å². The van der Waals surface area contributed by atoms with Crippen molar-refractivity contribution >= 4 is 5.69 Å². The molecule has 6 nitrogen and oxygen atoms in total. The number of aryl methyl sites for hydroxylation is 2. The van der Waals surface area contributed by atoms with E-state index >= 15 is 0 Å². The molecule has 0 saturated carbocycles. The van der Waals surface area contributed by atoms with Gasteiger partial charge in [-0.2, -0.15) is 5.10 Å². The lowest BCUT2D eigenvalue weighted by atomic mass is 10.1. The second-order valence-electron chi connectivity index (χ2n) is 5.08. The number of non-ortho nitro benzene ring substituents is 1. The van der Waals surface area contributed by atoms with Crippen LogP contribution in [0.25, 0.3) is 0 Å². The predicted molar refractivity (Wildman–Crippen MR) is 80.9 cm³/mol. The van der Waals surface area contributed by atoms with E-state index in [1.807, 2.05) is 24.9 Å². The Bertz CT molecular complexity index is 619. The Morgan fingerprint density at radius 1 is 1.38 bits per heavy atom. The lowest BCUT2D eigenvalue weighted by Crippen LogP contribution is -2.18. The van der Waals surface area contributed by atoms with Gasteiger partial charge in [-0.15, -0.1) is 0 Å². The van der Waals surface area contributed by atoms with Gasteiger partial charge in [-0.3, -0.25) is 14.8 Å². The van der Waals surface area contributed by atoms with Crippen molar-refractivity contribution in [3.63, 3.8) is 0 Å². The minimum absolute atomic E-state index is 0.117. The first-order valence-electron chi connectivity index (χ1n) is 7.00. The van der Waals surface area contributed by atoms with E-state index in [4.69, 9.17) is 0 Å². The molecule has 112 valence electrons. The molecule has 1 atom stereocenters. The van der Waals surface area contributed by atoms with E-state index in [9.17, 15) is 10.1 Å². The normalized spacial score (nSPS) is 12.3. The van der Waals surface area contributed by atoms with E-state index in [-0.39, 0.29) is 16.7 Å². The van der Waals surface area contributed by atoms with Crippen LogP contribution in [-0.4, -0.2) is 14.7 Å². The van der Waals surface area contributed by atoms with Crippen molar-refractivity contribution in [2.45, 2.75) is 32.9 Å². The molecule has 0 fully saturated rings. The zero-order chi connectivity index (χ0) is 15.4. The van der Waals surface area contributed by atoms with Crippen LogP contribution in [0.1, 0.15) is 36.7 Å². The molecule has 0 amide bonds. The van der Waals surface area contributed by atoms with Crippen molar-refractivity contribution in [2.75, 3.05) is 0 Å². The molecule has 0 spiro atoms. The Morgan fingerprint density at radius 2 is 2.05 bits per heavy atom. The Kier molecular flexibility index (Phi) is 4.70. The van der Waals surface area contributed by atoms with Gasteiger partial charge in [-0.1, -0.05) is 19.1 Å². The third kappa shape index (κ3) is 3.66. The van der Waals surface area contributed by atoms with E-state index in [1.165, 1.54) is 17.7 Å². The fourth-order valence-electron chi connectivity index (χ4n) is 2.29. The number of hydrogen-bond donors (Lipinski definition) is 1. The van der Waals surface area contributed by atoms with Crippen LogP contribution >= 0.6 is 0 Å². The minimum atomic E-state index is -0.384. The molecule has 1 heterocycles. The minimum Gasteiger partial charge on any atom is -0.306 e. The number of hydrogen-bond acceptors (Lipinski definition) is 4. The smallest absolute Gasteiger partial charge is 0.269 e. The van der Waals surface area contributed by atoms with Gasteiger partial charge in [0.05, 0.1) is 10.6 Å². The summed E-state index contributed by atoms with van der Waals surface area (Å²) in [5.74, 6) is 0. The summed E-state index contributed by atoms with van der Waals surface area (Å²) >= 11 is 0. The van der Waals surface area contributed by atoms with Gasteiger partial charge in [-0.05, 0) is 18.9 Å². The number of aromatic nitrogens is 2. The van der Waals surface area contributed by atoms with E-state index in [2.05, 4.69) is 17.3 Å². The van der Waals surface area contributed by atoms with Gasteiger partial charge < -0.3 is 5.32 Å². The predicted octanol–water partition coefficient (Wildman–Crippen LogP) is 2.74. The summed E-state index contributed by atoms with van der Waals surface area (Å²) in [5.41, 5.74) is 3.43. The number of rotatable bonds is 6. The Hall–Kier alpha value is -2.21. The average Bonchev–Trinajstić information content (AvgIpc) is 2.85. The molecule has 0 saturated heterocycles. The van der Waals surface area contributed by atoms with Gasteiger partial charge in [0.1, 0.15) is 0 Å². The van der Waals surface area contributed by atoms with Crippen molar-refractivity contribution in [3.05, 3.63) is 57.4 Å². The van der Waals surface area contributed by atoms with Gasteiger partial charge in [0.25, 0.3) is 5.69 Å². The molecule has 0 aliphatic rings. The van der Waals surface area contributed by atoms with Crippen LogP contribution in [0, 0.1) is 10.1 Å². The molecule has 2 aromatic rings. The highest BCUT2D eigenvalue weighted by molar-refractivity contribution is 5.34. The summed E-state index contributed by atoms with van der Waals surface area (Å²) in [6.45, 7) is 4.86. The summed E-state index contributed by atoms with van der Waals surface area (Å²) in [6, 6.07) is 6.78. The second-order valence-corrected chi connectivity index (χ2v) is 5.08. The lowest BCUT2D eigenvalue weighted by molar-refractivity contribution is -0.384. The first-order valence-corrected chi connectivity index (χ1v) is 7.00. The quantitative estimate of drug-likeness (QED) is 0.655. The third-order valence-electron chi connectivity index (χ3n) is 3.53. The lowest BCUT2D eigenvalue weighted by Gasteiger charge is -2.14. The number of nitrogens with zero attached hydrogens (tertiary/aromatic N) is 3. The zero-order valence-electron chi connectivity index (χ0n) is 12.5. The summed E-state index contributed by atoms with van der Waals surface area (Å²) < 4.78 is 1.83. The molecule has 21 heavy (non-hydrogen) atoms. The molecule has 0 radical (unpaired) electrons. The molecule has 1 aromatic carbocycles. The van der Waals surface area contributed by atoms with E-state index in [1.54, 1.807) is 12.1 Å². The molecule has 6 heteroatoms. The monoisotopic (exact) mass is 288 g/mol. The van der Waals surface area contributed by atoms with Gasteiger partial charge >= 0.3 is 0 Å². The molecule has 0 aliphatic heterocycles. The number of nitro groups is 1. The maximum atomic E-state index is 10.6. The molecule has 1 aromatic heterocycles. The van der Waals surface area contributed by atoms with E-state index in [0.717, 1.165) is 24.2 Å². The SMILES string of the molecule is CCc1nn(C)cc1CNC(C)c1ccc([N+](=O)[O-])cc1. The van der Waals surface area contributed by atoms with Crippen LogP contribution in [0.3, 0.4) is 0 Å². The molecular weight excluding hydrogens is 268 g/mol. The summed E-state index contributed by atoms with van der Waals surface area (Å²) in [5, 5.41) is 18.5. The average molecular weight is 288 g/mol. The van der Waals surface area contributed by atoms with E-state index in [0.29, 0.717) is 0 Å². The number of nitro benzene ring substituents is 1. The second kappa shape index (κ2) is 6.49. The fourth-order valence-corrected chi connectivity index (χ4v) is 2.29. The molecule has 1 N–H and O–H groups in total. The van der Waals surface area contributed by atoms with Crippen molar-refractivity contribution in [3.8, 4) is 0 Å². The van der Waals surface area contributed by atoms with Gasteiger partial charge in [0, 0.05) is 43.5 Å².